The third kappa shape index (κ3) is 3.76. The summed E-state index contributed by atoms with van der Waals surface area (Å²) in [4.78, 5) is 26.6. The maximum atomic E-state index is 12.0. The summed E-state index contributed by atoms with van der Waals surface area (Å²) in [5.41, 5.74) is 0.922. The highest BCUT2D eigenvalue weighted by Crippen LogP contribution is 2.34. The highest BCUT2D eigenvalue weighted by atomic mass is 32.2. The predicted molar refractivity (Wildman–Crippen MR) is 82.0 cm³/mol. The molecule has 5 heteroatoms. The molecule has 0 spiro atoms. The molecule has 2 rings (SSSR count). The lowest BCUT2D eigenvalue weighted by molar-refractivity contribution is -0.121. The first-order valence-electron chi connectivity index (χ1n) is 6.87. The number of nitrogens with zero attached hydrogens (tertiary/aromatic N) is 1. The van der Waals surface area contributed by atoms with Crippen LogP contribution in [0.5, 0.6) is 0 Å². The Labute approximate surface area is 123 Å². The van der Waals surface area contributed by atoms with Crippen LogP contribution in [-0.2, 0) is 9.59 Å². The van der Waals surface area contributed by atoms with Crippen molar-refractivity contribution in [2.45, 2.75) is 25.2 Å². The van der Waals surface area contributed by atoms with Crippen molar-refractivity contribution in [2.75, 3.05) is 23.7 Å². The summed E-state index contributed by atoms with van der Waals surface area (Å²) >= 11 is 1.56. The van der Waals surface area contributed by atoms with Crippen LogP contribution in [0.25, 0.3) is 0 Å². The molecule has 0 saturated heterocycles. The summed E-state index contributed by atoms with van der Waals surface area (Å²) in [5.74, 6) is 0.963. The highest BCUT2D eigenvalue weighted by Gasteiger charge is 2.24. The van der Waals surface area contributed by atoms with Gasteiger partial charge < -0.3 is 10.2 Å². The molecule has 1 aliphatic rings. The summed E-state index contributed by atoms with van der Waals surface area (Å²) < 4.78 is 0. The van der Waals surface area contributed by atoms with Gasteiger partial charge in [0.2, 0.25) is 11.8 Å². The van der Waals surface area contributed by atoms with Crippen LogP contribution in [-0.4, -0.2) is 30.7 Å². The van der Waals surface area contributed by atoms with Gasteiger partial charge in [0.05, 0.1) is 11.4 Å². The smallest absolute Gasteiger partial charge is 0.237 e. The average molecular weight is 292 g/mol. The van der Waals surface area contributed by atoms with Crippen molar-refractivity contribution < 1.29 is 9.59 Å². The fourth-order valence-corrected chi connectivity index (χ4v) is 2.95. The summed E-state index contributed by atoms with van der Waals surface area (Å²) in [6, 6.07) is 7.84. The van der Waals surface area contributed by atoms with Crippen molar-refractivity contribution in [3.63, 3.8) is 0 Å². The van der Waals surface area contributed by atoms with E-state index in [4.69, 9.17) is 0 Å². The van der Waals surface area contributed by atoms with E-state index in [2.05, 4.69) is 19.2 Å². The van der Waals surface area contributed by atoms with Gasteiger partial charge in [-0.3, -0.25) is 9.59 Å². The van der Waals surface area contributed by atoms with E-state index in [9.17, 15) is 9.59 Å². The number of benzene rings is 1. The first-order valence-corrected chi connectivity index (χ1v) is 7.85. The Balaban J connectivity index is 1.95. The minimum atomic E-state index is 0.00204. The maximum absolute atomic E-state index is 12.0. The summed E-state index contributed by atoms with van der Waals surface area (Å²) in [6.45, 7) is 5.24. The van der Waals surface area contributed by atoms with Crippen LogP contribution in [0.1, 0.15) is 20.3 Å². The minimum Gasteiger partial charge on any atom is -0.356 e. The molecule has 4 nitrogen and oxygen atoms in total. The summed E-state index contributed by atoms with van der Waals surface area (Å²) in [5, 5.41) is 2.88. The molecule has 20 heavy (non-hydrogen) atoms. The van der Waals surface area contributed by atoms with Gasteiger partial charge in [0, 0.05) is 24.4 Å². The Morgan fingerprint density at radius 1 is 1.40 bits per heavy atom. The molecular formula is C15H20N2O2S. The first-order chi connectivity index (χ1) is 9.58. The van der Waals surface area contributed by atoms with Gasteiger partial charge in [-0.25, -0.2) is 0 Å². The molecule has 1 heterocycles. The van der Waals surface area contributed by atoms with Crippen LogP contribution in [0, 0.1) is 5.92 Å². The average Bonchev–Trinajstić information content (AvgIpc) is 2.44. The standard InChI is InChI=1S/C15H20N2O2S/c1-11(2)9-16-14(18)7-8-17-12-5-3-4-6-13(12)20-10-15(17)19/h3-6,11H,7-10H2,1-2H3,(H,16,18). The summed E-state index contributed by atoms with van der Waals surface area (Å²) in [7, 11) is 0. The zero-order valence-electron chi connectivity index (χ0n) is 11.9. The zero-order valence-corrected chi connectivity index (χ0v) is 12.7. The van der Waals surface area contributed by atoms with E-state index < -0.39 is 0 Å². The number of hydrogen-bond donors (Lipinski definition) is 1. The molecule has 0 radical (unpaired) electrons. The topological polar surface area (TPSA) is 49.4 Å². The molecule has 0 saturated carbocycles. The lowest BCUT2D eigenvalue weighted by atomic mass is 10.2. The number of nitrogens with one attached hydrogen (secondary N) is 1. The fourth-order valence-electron chi connectivity index (χ4n) is 2.02. The lowest BCUT2D eigenvalue weighted by Crippen LogP contribution is -2.38. The second kappa shape index (κ2) is 6.79. The molecular weight excluding hydrogens is 272 g/mol. The number of carbonyl (C=O) groups is 2. The molecule has 0 unspecified atom stereocenters. The number of amides is 2. The lowest BCUT2D eigenvalue weighted by Gasteiger charge is -2.28. The number of para-hydroxylation sites is 1. The van der Waals surface area contributed by atoms with Crippen LogP contribution < -0.4 is 10.2 Å². The van der Waals surface area contributed by atoms with Gasteiger partial charge in [0.15, 0.2) is 0 Å². The molecule has 1 aliphatic heterocycles. The minimum absolute atomic E-state index is 0.00204. The Hall–Kier alpha value is -1.49. The zero-order chi connectivity index (χ0) is 14.5. The molecule has 0 atom stereocenters. The van der Waals surface area contributed by atoms with Gasteiger partial charge in [0.25, 0.3) is 0 Å². The largest absolute Gasteiger partial charge is 0.356 e. The maximum Gasteiger partial charge on any atom is 0.237 e. The highest BCUT2D eigenvalue weighted by molar-refractivity contribution is 8.00. The SMILES string of the molecule is CC(C)CNC(=O)CCN1C(=O)CSc2ccccc21. The van der Waals surface area contributed by atoms with Gasteiger partial charge in [-0.2, -0.15) is 0 Å². The quantitative estimate of drug-likeness (QED) is 0.906. The summed E-state index contributed by atoms with van der Waals surface area (Å²) in [6.07, 6.45) is 0.345. The van der Waals surface area contributed by atoms with E-state index in [1.165, 1.54) is 0 Å². The Morgan fingerprint density at radius 2 is 2.15 bits per heavy atom. The van der Waals surface area contributed by atoms with Crippen LogP contribution in [0.15, 0.2) is 29.2 Å². The van der Waals surface area contributed by atoms with Crippen LogP contribution >= 0.6 is 11.8 Å². The van der Waals surface area contributed by atoms with Crippen LogP contribution in [0.4, 0.5) is 5.69 Å². The van der Waals surface area contributed by atoms with Crippen LogP contribution in [0.2, 0.25) is 0 Å². The van der Waals surface area contributed by atoms with Crippen molar-refractivity contribution in [1.82, 2.24) is 5.32 Å². The Morgan fingerprint density at radius 3 is 2.90 bits per heavy atom. The molecule has 0 aromatic heterocycles. The Kier molecular flexibility index (Phi) is 5.06. The third-order valence-corrected chi connectivity index (χ3v) is 4.13. The van der Waals surface area contributed by atoms with E-state index >= 15 is 0 Å². The molecule has 108 valence electrons. The number of thioether (sulfide) groups is 1. The van der Waals surface area contributed by atoms with E-state index in [0.29, 0.717) is 31.2 Å². The third-order valence-electron chi connectivity index (χ3n) is 3.08. The van der Waals surface area contributed by atoms with Gasteiger partial charge in [-0.1, -0.05) is 26.0 Å². The second-order valence-electron chi connectivity index (χ2n) is 5.25. The van der Waals surface area contributed by atoms with Crippen molar-refractivity contribution in [3.05, 3.63) is 24.3 Å². The molecule has 1 aromatic carbocycles. The van der Waals surface area contributed by atoms with Crippen molar-refractivity contribution in [2.24, 2.45) is 5.92 Å². The molecule has 0 fully saturated rings. The van der Waals surface area contributed by atoms with E-state index in [1.54, 1.807) is 16.7 Å². The first kappa shape index (κ1) is 14.9. The monoisotopic (exact) mass is 292 g/mol. The molecule has 1 aromatic rings. The van der Waals surface area contributed by atoms with Crippen molar-refractivity contribution in [3.8, 4) is 0 Å². The molecule has 0 bridgehead atoms. The number of hydrogen-bond acceptors (Lipinski definition) is 3. The number of carbonyl (C=O) groups excluding carboxylic acids is 2. The number of anilines is 1. The van der Waals surface area contributed by atoms with Crippen molar-refractivity contribution in [1.29, 1.82) is 0 Å². The molecule has 0 aliphatic carbocycles. The Bertz CT molecular complexity index is 502. The van der Waals surface area contributed by atoms with E-state index in [-0.39, 0.29) is 11.8 Å². The van der Waals surface area contributed by atoms with Gasteiger partial charge >= 0.3 is 0 Å². The normalized spacial score (nSPS) is 14.3. The number of fused-ring (bicyclic) bond motifs is 1. The van der Waals surface area contributed by atoms with Crippen molar-refractivity contribution >= 4 is 29.3 Å². The van der Waals surface area contributed by atoms with Gasteiger partial charge in [-0.05, 0) is 18.1 Å². The second-order valence-corrected chi connectivity index (χ2v) is 6.27. The van der Waals surface area contributed by atoms with Gasteiger partial charge in [0.1, 0.15) is 0 Å². The molecule has 1 N–H and O–H groups in total. The fraction of sp³-hybridized carbons (Fsp3) is 0.467. The van der Waals surface area contributed by atoms with E-state index in [1.807, 2.05) is 24.3 Å². The predicted octanol–water partition coefficient (Wildman–Crippen LogP) is 2.29. The molecule has 2 amide bonds. The van der Waals surface area contributed by atoms with E-state index in [0.717, 1.165) is 10.6 Å². The van der Waals surface area contributed by atoms with Gasteiger partial charge in [-0.15, -0.1) is 11.8 Å². The van der Waals surface area contributed by atoms with Crippen LogP contribution in [0.3, 0.4) is 0 Å². The number of rotatable bonds is 5.